The Hall–Kier alpha value is -8.14. The van der Waals surface area contributed by atoms with E-state index < -0.39 is 0 Å². The van der Waals surface area contributed by atoms with Crippen LogP contribution >= 0.6 is 0 Å². The molecule has 0 saturated heterocycles. The van der Waals surface area contributed by atoms with Crippen LogP contribution in [0.2, 0.25) is 0 Å². The average Bonchev–Trinajstić information content (AvgIpc) is 3.64. The highest BCUT2D eigenvalue weighted by Gasteiger charge is 2.33. The SMILES string of the molecule is Cc1cc(C)c(B2c3ccccc3-c3ccccc3-c3cc(-c4ccc(N(c5ccc(-c6ccccc6)cc5)c5ccc6c(c5)c5ccccc5n6-c5ccccc5)cc4)ccc32)c(C)c1. The molecule has 0 spiro atoms. The zero-order valence-electron chi connectivity index (χ0n) is 37.4. The van der Waals surface area contributed by atoms with Crippen molar-refractivity contribution in [2.24, 2.45) is 0 Å². The molecule has 0 atom stereocenters. The summed E-state index contributed by atoms with van der Waals surface area (Å²) >= 11 is 0. The standard InChI is InChI=1S/C63H47BN2/c1-42-38-43(2)63(44(3)39-42)64-59-24-14-12-22-55(59)53-20-10-11-21-54(53)57-40-48(30-36-60(57)64)47-28-33-51(34-29-47)65(50-31-26-46(27-32-50)45-16-6-4-7-17-45)52-35-37-62-58(41-52)56-23-13-15-25-61(56)66(62)49-18-8-5-9-19-49/h4-41H,1-3H3. The van der Waals surface area contributed by atoms with Crippen LogP contribution in [0, 0.1) is 20.8 Å². The molecule has 12 rings (SSSR count). The van der Waals surface area contributed by atoms with E-state index >= 15 is 0 Å². The van der Waals surface area contributed by atoms with E-state index in [9.17, 15) is 0 Å². The lowest BCUT2D eigenvalue weighted by Crippen LogP contribution is -2.54. The second-order valence-electron chi connectivity index (χ2n) is 17.9. The van der Waals surface area contributed by atoms with Gasteiger partial charge in [-0.1, -0.05) is 197 Å². The zero-order valence-corrected chi connectivity index (χ0v) is 37.4. The minimum absolute atomic E-state index is 0.0986. The summed E-state index contributed by atoms with van der Waals surface area (Å²) in [7, 11) is 0. The van der Waals surface area contributed by atoms with E-state index in [4.69, 9.17) is 0 Å². The number of aromatic nitrogens is 1. The van der Waals surface area contributed by atoms with Gasteiger partial charge < -0.3 is 9.47 Å². The summed E-state index contributed by atoms with van der Waals surface area (Å²) in [5.74, 6) is 0. The van der Waals surface area contributed by atoms with E-state index in [1.54, 1.807) is 0 Å². The number of hydrogen-bond donors (Lipinski definition) is 0. The van der Waals surface area contributed by atoms with Gasteiger partial charge in [0.1, 0.15) is 0 Å². The summed E-state index contributed by atoms with van der Waals surface area (Å²) < 4.78 is 2.38. The monoisotopic (exact) mass is 842 g/mol. The maximum absolute atomic E-state index is 2.44. The van der Waals surface area contributed by atoms with Crippen molar-refractivity contribution in [2.75, 3.05) is 4.90 Å². The predicted molar refractivity (Wildman–Crippen MR) is 283 cm³/mol. The summed E-state index contributed by atoms with van der Waals surface area (Å²) in [5, 5.41) is 2.45. The molecule has 0 aliphatic carbocycles. The molecule has 0 saturated carbocycles. The van der Waals surface area contributed by atoms with Gasteiger partial charge in [-0.25, -0.2) is 0 Å². The number of hydrogen-bond acceptors (Lipinski definition) is 1. The van der Waals surface area contributed by atoms with E-state index in [2.05, 4.69) is 261 Å². The fourth-order valence-corrected chi connectivity index (χ4v) is 10.9. The molecule has 0 radical (unpaired) electrons. The molecule has 2 nitrogen and oxygen atoms in total. The maximum Gasteiger partial charge on any atom is 0.243 e. The molecule has 312 valence electrons. The maximum atomic E-state index is 2.44. The van der Waals surface area contributed by atoms with Gasteiger partial charge >= 0.3 is 0 Å². The number of aryl methyl sites for hydroxylation is 3. The van der Waals surface area contributed by atoms with Crippen molar-refractivity contribution in [3.05, 3.63) is 247 Å². The van der Waals surface area contributed by atoms with Crippen molar-refractivity contribution < 1.29 is 0 Å². The van der Waals surface area contributed by atoms with Crippen LogP contribution < -0.4 is 21.3 Å². The summed E-state index contributed by atoms with van der Waals surface area (Å²) in [6, 6.07) is 85.1. The summed E-state index contributed by atoms with van der Waals surface area (Å²) in [6.45, 7) is 6.87. The third kappa shape index (κ3) is 6.66. The summed E-state index contributed by atoms with van der Waals surface area (Å²) in [5.41, 5.74) is 24.8. The molecule has 0 unspecified atom stereocenters. The van der Waals surface area contributed by atoms with Crippen molar-refractivity contribution in [3.63, 3.8) is 0 Å². The number of rotatable bonds is 7. The molecule has 2 heterocycles. The van der Waals surface area contributed by atoms with Crippen molar-refractivity contribution >= 4 is 62.0 Å². The van der Waals surface area contributed by atoms with E-state index in [0.29, 0.717) is 0 Å². The molecular weight excluding hydrogens is 796 g/mol. The van der Waals surface area contributed by atoms with Crippen LogP contribution in [0.15, 0.2) is 231 Å². The van der Waals surface area contributed by atoms with Crippen LogP contribution in [0.25, 0.3) is 72.0 Å². The highest BCUT2D eigenvalue weighted by Crippen LogP contribution is 2.42. The fraction of sp³-hybridized carbons (Fsp3) is 0.0476. The molecule has 0 fully saturated rings. The highest BCUT2D eigenvalue weighted by molar-refractivity contribution is 6.98. The number of benzene rings is 10. The fourth-order valence-electron chi connectivity index (χ4n) is 10.9. The van der Waals surface area contributed by atoms with Crippen LogP contribution in [0.5, 0.6) is 0 Å². The number of anilines is 3. The van der Waals surface area contributed by atoms with Gasteiger partial charge in [-0.3, -0.25) is 0 Å². The van der Waals surface area contributed by atoms with Crippen molar-refractivity contribution in [2.45, 2.75) is 20.8 Å². The predicted octanol–water partition coefficient (Wildman–Crippen LogP) is 14.7. The van der Waals surface area contributed by atoms with Gasteiger partial charge in [0.2, 0.25) is 6.71 Å². The second kappa shape index (κ2) is 16.1. The minimum atomic E-state index is 0.0986. The number of nitrogens with zero attached hydrogens (tertiary/aromatic N) is 2. The Bertz CT molecular complexity index is 3580. The lowest BCUT2D eigenvalue weighted by atomic mass is 9.34. The molecule has 1 aromatic heterocycles. The van der Waals surface area contributed by atoms with Crippen LogP contribution in [0.4, 0.5) is 17.1 Å². The van der Waals surface area contributed by atoms with Crippen LogP contribution in [-0.2, 0) is 0 Å². The second-order valence-corrected chi connectivity index (χ2v) is 17.9. The first-order chi connectivity index (χ1) is 32.5. The van der Waals surface area contributed by atoms with Gasteiger partial charge in [0.15, 0.2) is 0 Å². The van der Waals surface area contributed by atoms with Gasteiger partial charge in [-0.05, 0) is 132 Å². The van der Waals surface area contributed by atoms with E-state index in [1.165, 1.54) is 99.4 Å². The lowest BCUT2D eigenvalue weighted by Gasteiger charge is -2.26. The van der Waals surface area contributed by atoms with Gasteiger partial charge in [-0.2, -0.15) is 0 Å². The van der Waals surface area contributed by atoms with Gasteiger partial charge in [0, 0.05) is 33.5 Å². The minimum Gasteiger partial charge on any atom is -0.310 e. The molecule has 0 amide bonds. The lowest BCUT2D eigenvalue weighted by molar-refractivity contribution is 1.18. The normalized spacial score (nSPS) is 11.8. The van der Waals surface area contributed by atoms with Gasteiger partial charge in [0.05, 0.1) is 11.0 Å². The van der Waals surface area contributed by atoms with E-state index in [1.807, 2.05) is 0 Å². The Morgan fingerprint density at radius 3 is 1.55 bits per heavy atom. The van der Waals surface area contributed by atoms with E-state index in [-0.39, 0.29) is 6.71 Å². The highest BCUT2D eigenvalue weighted by atomic mass is 15.1. The molecule has 1 aliphatic rings. The quantitative estimate of drug-likeness (QED) is 0.145. The average molecular weight is 843 g/mol. The number of fused-ring (bicyclic) bond motifs is 8. The van der Waals surface area contributed by atoms with Crippen molar-refractivity contribution in [3.8, 4) is 50.2 Å². The Balaban J connectivity index is 0.992. The van der Waals surface area contributed by atoms with Crippen molar-refractivity contribution in [1.82, 2.24) is 4.57 Å². The van der Waals surface area contributed by atoms with Crippen molar-refractivity contribution in [1.29, 1.82) is 0 Å². The first-order valence-corrected chi connectivity index (χ1v) is 23.0. The Labute approximate surface area is 387 Å². The molecule has 0 N–H and O–H groups in total. The smallest absolute Gasteiger partial charge is 0.243 e. The molecule has 10 aromatic carbocycles. The number of para-hydroxylation sites is 2. The zero-order chi connectivity index (χ0) is 44.3. The largest absolute Gasteiger partial charge is 0.310 e. The topological polar surface area (TPSA) is 8.17 Å². The molecule has 3 heteroatoms. The Morgan fingerprint density at radius 2 is 0.848 bits per heavy atom. The Morgan fingerprint density at radius 1 is 0.348 bits per heavy atom. The first kappa shape index (κ1) is 39.5. The Kier molecular flexibility index (Phi) is 9.65. The molecule has 66 heavy (non-hydrogen) atoms. The van der Waals surface area contributed by atoms with Crippen LogP contribution in [0.3, 0.4) is 0 Å². The third-order valence-corrected chi connectivity index (χ3v) is 13.8. The summed E-state index contributed by atoms with van der Waals surface area (Å²) in [6.07, 6.45) is 0. The van der Waals surface area contributed by atoms with E-state index in [0.717, 1.165) is 22.7 Å². The van der Waals surface area contributed by atoms with Gasteiger partial charge in [0.25, 0.3) is 0 Å². The molecular formula is C63H47BN2. The van der Waals surface area contributed by atoms with Crippen LogP contribution in [-0.4, -0.2) is 11.3 Å². The molecule has 0 bridgehead atoms. The molecule has 1 aliphatic heterocycles. The van der Waals surface area contributed by atoms with Gasteiger partial charge in [-0.15, -0.1) is 0 Å². The third-order valence-electron chi connectivity index (χ3n) is 13.8. The molecule has 11 aromatic rings. The first-order valence-electron chi connectivity index (χ1n) is 23.0. The van der Waals surface area contributed by atoms with Crippen LogP contribution in [0.1, 0.15) is 16.7 Å². The summed E-state index contributed by atoms with van der Waals surface area (Å²) in [4.78, 5) is 2.40.